The van der Waals surface area contributed by atoms with Crippen LogP contribution in [0, 0.1) is 0 Å². The van der Waals surface area contributed by atoms with Crippen molar-refractivity contribution in [1.82, 2.24) is 9.55 Å². The normalized spacial score (nSPS) is 15.6. The number of benzene rings is 7. The van der Waals surface area contributed by atoms with Gasteiger partial charge in [-0.3, -0.25) is 4.98 Å². The average Bonchev–Trinajstić information content (AvgIpc) is 3.55. The van der Waals surface area contributed by atoms with Crippen LogP contribution in [0.5, 0.6) is 0 Å². The molecule has 0 fully saturated rings. The van der Waals surface area contributed by atoms with Crippen LogP contribution in [0.2, 0.25) is 0 Å². The molecule has 9 aromatic rings. The van der Waals surface area contributed by atoms with Crippen LogP contribution in [0.1, 0.15) is 22.3 Å². The molecule has 7 aromatic carbocycles. The number of nitrogens with zero attached hydrogens (tertiary/aromatic N) is 2. The van der Waals surface area contributed by atoms with E-state index in [-0.39, 0.29) is 0 Å². The molecule has 52 heavy (non-hydrogen) atoms. The van der Waals surface area contributed by atoms with Gasteiger partial charge in [0.25, 0.3) is 0 Å². The van der Waals surface area contributed by atoms with Crippen molar-refractivity contribution in [1.29, 1.82) is 0 Å². The van der Waals surface area contributed by atoms with Crippen molar-refractivity contribution in [2.45, 2.75) is 25.0 Å². The lowest BCUT2D eigenvalue weighted by Gasteiger charge is -2.45. The van der Waals surface area contributed by atoms with Crippen LogP contribution in [-0.4, -0.2) is 9.55 Å². The van der Waals surface area contributed by atoms with Crippen LogP contribution < -0.4 is 0 Å². The highest BCUT2D eigenvalue weighted by atomic mass is 32.2. The topological polar surface area (TPSA) is 17.8 Å². The van der Waals surface area contributed by atoms with Crippen LogP contribution in [0.25, 0.3) is 49.9 Å². The lowest BCUT2D eigenvalue weighted by Crippen LogP contribution is -2.36. The van der Waals surface area contributed by atoms with Gasteiger partial charge in [0.05, 0.1) is 22.1 Å². The number of fused-ring (bicyclic) bond motifs is 11. The SMILES string of the molecule is c1ccc(-n2c3ccccc3c3ccc(-c4ccc5c(c4)C4(c6ccccc6Sc6cc(-c7ccccn7)ccc64)c4ccccc4S5)cc32)cc1. The molecule has 0 aliphatic carbocycles. The summed E-state index contributed by atoms with van der Waals surface area (Å²) in [5.74, 6) is 0. The number of para-hydroxylation sites is 2. The molecule has 0 saturated heterocycles. The minimum Gasteiger partial charge on any atom is -0.309 e. The van der Waals surface area contributed by atoms with E-state index >= 15 is 0 Å². The largest absolute Gasteiger partial charge is 0.309 e. The van der Waals surface area contributed by atoms with Crippen molar-refractivity contribution in [3.05, 3.63) is 204 Å². The van der Waals surface area contributed by atoms with Crippen molar-refractivity contribution in [3.63, 3.8) is 0 Å². The maximum absolute atomic E-state index is 4.71. The highest BCUT2D eigenvalue weighted by Gasteiger charge is 2.48. The minimum atomic E-state index is -0.490. The standard InChI is InChI=1S/C48H30N2S2/c1-2-12-34(13-3-1)50-42-18-7-4-14-35(42)36-24-21-32(29-43(36)50)31-23-26-46-40(28-31)48(37-15-5-8-19-44(37)51-46)38-16-6-9-20-45(38)52-47-30-33(22-25-39(47)48)41-17-10-11-27-49-41/h1-30H. The fourth-order valence-electron chi connectivity index (χ4n) is 8.54. The molecular weight excluding hydrogens is 669 g/mol. The molecular formula is C48H30N2S2. The van der Waals surface area contributed by atoms with Gasteiger partial charge in [0.1, 0.15) is 0 Å². The first-order valence-electron chi connectivity index (χ1n) is 17.6. The van der Waals surface area contributed by atoms with E-state index in [1.54, 1.807) is 0 Å². The maximum Gasteiger partial charge on any atom is 0.0745 e. The number of aromatic nitrogens is 2. The van der Waals surface area contributed by atoms with E-state index in [2.05, 4.69) is 174 Å². The highest BCUT2D eigenvalue weighted by molar-refractivity contribution is 8.00. The molecule has 1 atom stereocenters. The zero-order valence-electron chi connectivity index (χ0n) is 28.0. The van der Waals surface area contributed by atoms with Crippen molar-refractivity contribution in [2.75, 3.05) is 0 Å². The molecule has 1 unspecified atom stereocenters. The van der Waals surface area contributed by atoms with Crippen LogP contribution in [-0.2, 0) is 5.41 Å². The molecule has 0 radical (unpaired) electrons. The summed E-state index contributed by atoms with van der Waals surface area (Å²) >= 11 is 3.76. The zero-order valence-corrected chi connectivity index (χ0v) is 29.7. The van der Waals surface area contributed by atoms with Crippen molar-refractivity contribution < 1.29 is 0 Å². The van der Waals surface area contributed by atoms with Gasteiger partial charge < -0.3 is 4.57 Å². The van der Waals surface area contributed by atoms with E-state index in [0.717, 1.165) is 11.3 Å². The summed E-state index contributed by atoms with van der Waals surface area (Å²) in [4.78, 5) is 9.87. The second kappa shape index (κ2) is 11.6. The van der Waals surface area contributed by atoms with Crippen molar-refractivity contribution >= 4 is 45.3 Å². The molecule has 0 saturated carbocycles. The van der Waals surface area contributed by atoms with Crippen LogP contribution in [0.15, 0.2) is 202 Å². The number of hydrogen-bond acceptors (Lipinski definition) is 3. The van der Waals surface area contributed by atoms with E-state index in [9.17, 15) is 0 Å². The molecule has 244 valence electrons. The van der Waals surface area contributed by atoms with E-state index in [1.807, 2.05) is 35.8 Å². The van der Waals surface area contributed by atoms with Gasteiger partial charge in [-0.25, -0.2) is 0 Å². The van der Waals surface area contributed by atoms with Crippen molar-refractivity contribution in [2.24, 2.45) is 0 Å². The molecule has 2 aliphatic heterocycles. The Morgan fingerprint density at radius 3 is 1.83 bits per heavy atom. The van der Waals surface area contributed by atoms with E-state index in [4.69, 9.17) is 4.98 Å². The average molecular weight is 699 g/mol. The first kappa shape index (κ1) is 29.9. The summed E-state index contributed by atoms with van der Waals surface area (Å²) < 4.78 is 2.41. The molecule has 11 rings (SSSR count). The number of rotatable bonds is 3. The van der Waals surface area contributed by atoms with Crippen LogP contribution in [0.4, 0.5) is 0 Å². The summed E-state index contributed by atoms with van der Waals surface area (Å²) in [5, 5.41) is 2.53. The molecule has 2 aromatic heterocycles. The van der Waals surface area contributed by atoms with Gasteiger partial charge in [-0.1, -0.05) is 133 Å². The number of hydrogen-bond donors (Lipinski definition) is 0. The second-order valence-electron chi connectivity index (χ2n) is 13.5. The first-order chi connectivity index (χ1) is 25.8. The van der Waals surface area contributed by atoms with Gasteiger partial charge in [-0.05, 0) is 100 Å². The molecule has 0 N–H and O–H groups in total. The van der Waals surface area contributed by atoms with Gasteiger partial charge in [0.15, 0.2) is 0 Å². The molecule has 4 heteroatoms. The third-order valence-electron chi connectivity index (χ3n) is 10.8. The molecule has 0 bridgehead atoms. The Morgan fingerprint density at radius 2 is 1.02 bits per heavy atom. The fraction of sp³-hybridized carbons (Fsp3) is 0.0208. The Kier molecular flexibility index (Phi) is 6.67. The smallest absolute Gasteiger partial charge is 0.0745 e. The van der Waals surface area contributed by atoms with E-state index < -0.39 is 5.41 Å². The summed E-state index contributed by atoms with van der Waals surface area (Å²) in [6.07, 6.45) is 1.88. The second-order valence-corrected chi connectivity index (χ2v) is 15.7. The van der Waals surface area contributed by atoms with E-state index in [1.165, 1.54) is 80.5 Å². The number of pyridine rings is 1. The lowest BCUT2D eigenvalue weighted by molar-refractivity contribution is 0.667. The van der Waals surface area contributed by atoms with E-state index in [0.29, 0.717) is 0 Å². The predicted octanol–water partition coefficient (Wildman–Crippen LogP) is 12.8. The maximum atomic E-state index is 4.71. The third kappa shape index (κ3) is 4.32. The summed E-state index contributed by atoms with van der Waals surface area (Å²) in [5.41, 5.74) is 13.0. The third-order valence-corrected chi connectivity index (χ3v) is 13.1. The Hall–Kier alpha value is -5.81. The lowest BCUT2D eigenvalue weighted by atomic mass is 9.64. The van der Waals surface area contributed by atoms with Gasteiger partial charge in [-0.2, -0.15) is 0 Å². The molecule has 4 heterocycles. The van der Waals surface area contributed by atoms with Gasteiger partial charge in [0.2, 0.25) is 0 Å². The van der Waals surface area contributed by atoms with Crippen LogP contribution >= 0.6 is 23.5 Å². The monoisotopic (exact) mass is 698 g/mol. The Morgan fingerprint density at radius 1 is 0.404 bits per heavy atom. The molecule has 1 spiro atoms. The van der Waals surface area contributed by atoms with Crippen molar-refractivity contribution in [3.8, 4) is 28.1 Å². The van der Waals surface area contributed by atoms with Gasteiger partial charge in [-0.15, -0.1) is 0 Å². The summed E-state index contributed by atoms with van der Waals surface area (Å²) in [6.45, 7) is 0. The van der Waals surface area contributed by atoms with Gasteiger partial charge in [0, 0.05) is 47.8 Å². The highest BCUT2D eigenvalue weighted by Crippen LogP contribution is 2.62. The molecule has 2 aliphatic rings. The zero-order chi connectivity index (χ0) is 34.2. The fourth-order valence-corrected chi connectivity index (χ4v) is 10.9. The Labute approximate surface area is 310 Å². The Balaban J connectivity index is 1.18. The first-order valence-corrected chi connectivity index (χ1v) is 19.2. The van der Waals surface area contributed by atoms with Crippen LogP contribution in [0.3, 0.4) is 0 Å². The molecule has 0 amide bonds. The molecule has 2 nitrogen and oxygen atoms in total. The summed E-state index contributed by atoms with van der Waals surface area (Å²) in [6, 6.07) is 64.8. The Bertz CT molecular complexity index is 2850. The minimum absolute atomic E-state index is 0.490. The summed E-state index contributed by atoms with van der Waals surface area (Å²) in [7, 11) is 0. The predicted molar refractivity (Wildman–Crippen MR) is 216 cm³/mol. The quantitative estimate of drug-likeness (QED) is 0.183. The van der Waals surface area contributed by atoms with Gasteiger partial charge >= 0.3 is 0 Å².